The van der Waals surface area contributed by atoms with Crippen molar-refractivity contribution in [3.05, 3.63) is 16.9 Å². The van der Waals surface area contributed by atoms with E-state index in [2.05, 4.69) is 5.10 Å². The first kappa shape index (κ1) is 8.56. The maximum absolute atomic E-state index is 5.74. The topological polar surface area (TPSA) is 27.1 Å². The molecule has 1 rings (SSSR count). The summed E-state index contributed by atoms with van der Waals surface area (Å²) in [7, 11) is 1.66. The Morgan fingerprint density at radius 1 is 1.73 bits per heavy atom. The van der Waals surface area contributed by atoms with E-state index in [9.17, 15) is 0 Å². The van der Waals surface area contributed by atoms with Gasteiger partial charge in [-0.3, -0.25) is 4.68 Å². The molecule has 11 heavy (non-hydrogen) atoms. The number of aromatic nitrogens is 2. The van der Waals surface area contributed by atoms with Crippen LogP contribution in [0.25, 0.3) is 0 Å². The molecule has 0 atom stereocenters. The van der Waals surface area contributed by atoms with Gasteiger partial charge in [-0.05, 0) is 6.92 Å². The maximum Gasteiger partial charge on any atom is 0.153 e. The Hall–Kier alpha value is -0.540. The Labute approximate surface area is 70.9 Å². The molecule has 0 aromatic carbocycles. The summed E-state index contributed by atoms with van der Waals surface area (Å²) in [6, 6.07) is 0. The first-order valence-corrected chi connectivity index (χ1v) is 3.80. The van der Waals surface area contributed by atoms with Gasteiger partial charge in [-0.2, -0.15) is 5.10 Å². The largest absolute Gasteiger partial charge is 0.383 e. The minimum absolute atomic E-state index is 0.570. The predicted molar refractivity (Wildman–Crippen MR) is 43.9 cm³/mol. The summed E-state index contributed by atoms with van der Waals surface area (Å²) in [6.07, 6.45) is 1.90. The number of ether oxygens (including phenoxy) is 1. The molecule has 62 valence electrons. The molecular weight excluding hydrogens is 164 g/mol. The summed E-state index contributed by atoms with van der Waals surface area (Å²) in [5, 5.41) is 4.62. The number of halogens is 1. The smallest absolute Gasteiger partial charge is 0.153 e. The van der Waals surface area contributed by atoms with Crippen molar-refractivity contribution in [2.75, 3.05) is 13.7 Å². The van der Waals surface area contributed by atoms with Gasteiger partial charge >= 0.3 is 0 Å². The van der Waals surface area contributed by atoms with E-state index < -0.39 is 0 Å². The maximum atomic E-state index is 5.74. The highest BCUT2D eigenvalue weighted by molar-refractivity contribution is 6.30. The Balaban J connectivity index is 2.58. The zero-order valence-corrected chi connectivity index (χ0v) is 7.43. The van der Waals surface area contributed by atoms with Crippen LogP contribution in [-0.4, -0.2) is 23.5 Å². The van der Waals surface area contributed by atoms with Crippen molar-refractivity contribution in [3.63, 3.8) is 0 Å². The van der Waals surface area contributed by atoms with Crippen LogP contribution >= 0.6 is 11.6 Å². The minimum atomic E-state index is 0.570. The monoisotopic (exact) mass is 174 g/mol. The fourth-order valence-corrected chi connectivity index (χ4v) is 0.943. The normalized spacial score (nSPS) is 10.5. The predicted octanol–water partition coefficient (Wildman–Crippen LogP) is 1.49. The molecule has 0 amide bonds. The summed E-state index contributed by atoms with van der Waals surface area (Å²) >= 11 is 5.74. The van der Waals surface area contributed by atoms with Gasteiger partial charge in [0.25, 0.3) is 0 Å². The number of nitrogens with zero attached hydrogens (tertiary/aromatic N) is 2. The van der Waals surface area contributed by atoms with Gasteiger partial charge in [-0.15, -0.1) is 0 Å². The van der Waals surface area contributed by atoms with E-state index in [1.807, 2.05) is 13.1 Å². The Kier molecular flexibility index (Phi) is 2.91. The van der Waals surface area contributed by atoms with Crippen molar-refractivity contribution in [2.45, 2.75) is 13.5 Å². The quantitative estimate of drug-likeness (QED) is 0.695. The van der Waals surface area contributed by atoms with Gasteiger partial charge in [0, 0.05) is 18.9 Å². The molecule has 0 N–H and O–H groups in total. The molecule has 0 bridgehead atoms. The van der Waals surface area contributed by atoms with Crippen LogP contribution in [0.15, 0.2) is 6.20 Å². The van der Waals surface area contributed by atoms with E-state index in [0.29, 0.717) is 11.8 Å². The molecule has 0 unspecified atom stereocenters. The molecule has 0 spiro atoms. The first-order chi connectivity index (χ1) is 5.24. The van der Waals surface area contributed by atoms with Crippen LogP contribution in [0.2, 0.25) is 5.15 Å². The van der Waals surface area contributed by atoms with E-state index in [-0.39, 0.29) is 0 Å². The molecule has 3 nitrogen and oxygen atoms in total. The van der Waals surface area contributed by atoms with Gasteiger partial charge in [0.2, 0.25) is 0 Å². The van der Waals surface area contributed by atoms with Crippen molar-refractivity contribution in [3.8, 4) is 0 Å². The third-order valence-corrected chi connectivity index (χ3v) is 1.78. The zero-order chi connectivity index (χ0) is 8.27. The summed E-state index contributed by atoms with van der Waals surface area (Å²) in [5.41, 5.74) is 1.00. The van der Waals surface area contributed by atoms with Crippen LogP contribution in [0.3, 0.4) is 0 Å². The summed E-state index contributed by atoms with van der Waals surface area (Å²) < 4.78 is 6.67. The zero-order valence-electron chi connectivity index (χ0n) is 6.67. The average molecular weight is 175 g/mol. The summed E-state index contributed by atoms with van der Waals surface area (Å²) in [5.74, 6) is 0. The molecule has 0 radical (unpaired) electrons. The van der Waals surface area contributed by atoms with Gasteiger partial charge in [0.15, 0.2) is 5.15 Å². The lowest BCUT2D eigenvalue weighted by atomic mass is 10.4. The second kappa shape index (κ2) is 3.74. The molecular formula is C7H11ClN2O. The molecule has 0 saturated heterocycles. The highest BCUT2D eigenvalue weighted by Gasteiger charge is 1.99. The standard InChI is InChI=1S/C7H11ClN2O/c1-6-5-10(3-4-11-2)9-7(6)8/h5H,3-4H2,1-2H3. The van der Waals surface area contributed by atoms with Crippen LogP contribution in [0.1, 0.15) is 5.56 Å². The van der Waals surface area contributed by atoms with Crippen LogP contribution < -0.4 is 0 Å². The average Bonchev–Trinajstić information content (AvgIpc) is 2.28. The Morgan fingerprint density at radius 2 is 2.45 bits per heavy atom. The van der Waals surface area contributed by atoms with Gasteiger partial charge < -0.3 is 4.74 Å². The highest BCUT2D eigenvalue weighted by Crippen LogP contribution is 2.10. The second-order valence-corrected chi connectivity index (χ2v) is 2.72. The van der Waals surface area contributed by atoms with Crippen molar-refractivity contribution >= 4 is 11.6 Å². The van der Waals surface area contributed by atoms with Crippen LogP contribution in [0.4, 0.5) is 0 Å². The minimum Gasteiger partial charge on any atom is -0.383 e. The van der Waals surface area contributed by atoms with Crippen LogP contribution in [0.5, 0.6) is 0 Å². The second-order valence-electron chi connectivity index (χ2n) is 2.36. The lowest BCUT2D eigenvalue weighted by molar-refractivity contribution is 0.183. The number of rotatable bonds is 3. The molecule has 0 aliphatic carbocycles. The molecule has 0 aliphatic rings. The van der Waals surface area contributed by atoms with E-state index in [1.165, 1.54) is 0 Å². The molecule has 1 aromatic heterocycles. The lowest BCUT2D eigenvalue weighted by Gasteiger charge is -1.97. The van der Waals surface area contributed by atoms with Gasteiger partial charge in [-0.25, -0.2) is 0 Å². The van der Waals surface area contributed by atoms with Gasteiger partial charge in [0.05, 0.1) is 13.2 Å². The third kappa shape index (κ3) is 2.20. The number of aryl methyl sites for hydroxylation is 1. The number of methoxy groups -OCH3 is 1. The van der Waals surface area contributed by atoms with Crippen molar-refractivity contribution in [2.24, 2.45) is 0 Å². The van der Waals surface area contributed by atoms with E-state index in [1.54, 1.807) is 11.8 Å². The van der Waals surface area contributed by atoms with Crippen molar-refractivity contribution in [1.29, 1.82) is 0 Å². The highest BCUT2D eigenvalue weighted by atomic mass is 35.5. The summed E-state index contributed by atoms with van der Waals surface area (Å²) in [4.78, 5) is 0. The third-order valence-electron chi connectivity index (χ3n) is 1.41. The fraction of sp³-hybridized carbons (Fsp3) is 0.571. The Bertz CT molecular complexity index is 215. The molecule has 0 aliphatic heterocycles. The molecule has 0 saturated carbocycles. The molecule has 4 heteroatoms. The number of hydrogen-bond acceptors (Lipinski definition) is 2. The van der Waals surface area contributed by atoms with Crippen LogP contribution in [-0.2, 0) is 11.3 Å². The van der Waals surface area contributed by atoms with E-state index in [4.69, 9.17) is 16.3 Å². The van der Waals surface area contributed by atoms with Gasteiger partial charge in [-0.1, -0.05) is 11.6 Å². The fourth-order valence-electron chi connectivity index (χ4n) is 0.797. The van der Waals surface area contributed by atoms with Crippen molar-refractivity contribution in [1.82, 2.24) is 9.78 Å². The van der Waals surface area contributed by atoms with E-state index >= 15 is 0 Å². The number of hydrogen-bond donors (Lipinski definition) is 0. The lowest BCUT2D eigenvalue weighted by Crippen LogP contribution is -2.04. The summed E-state index contributed by atoms with van der Waals surface area (Å²) in [6.45, 7) is 3.35. The SMILES string of the molecule is COCCn1cc(C)c(Cl)n1. The van der Waals surface area contributed by atoms with E-state index in [0.717, 1.165) is 12.1 Å². The first-order valence-electron chi connectivity index (χ1n) is 3.42. The molecule has 1 heterocycles. The van der Waals surface area contributed by atoms with Gasteiger partial charge in [0.1, 0.15) is 0 Å². The Morgan fingerprint density at radius 3 is 2.91 bits per heavy atom. The van der Waals surface area contributed by atoms with Crippen LogP contribution in [0, 0.1) is 6.92 Å². The molecule has 0 fully saturated rings. The molecule has 1 aromatic rings. The van der Waals surface area contributed by atoms with Crippen molar-refractivity contribution < 1.29 is 4.74 Å².